The summed E-state index contributed by atoms with van der Waals surface area (Å²) in [6, 6.07) is 7.60. The number of aromatic nitrogens is 3. The minimum atomic E-state index is 0.169. The van der Waals surface area contributed by atoms with Crippen LogP contribution in [0, 0.1) is 0 Å². The third-order valence-electron chi connectivity index (χ3n) is 2.83. The van der Waals surface area contributed by atoms with Crippen LogP contribution in [-0.4, -0.2) is 20.5 Å². The number of hydrogen-bond donors (Lipinski definition) is 1. The summed E-state index contributed by atoms with van der Waals surface area (Å²) in [4.78, 5) is 15.8. The Morgan fingerprint density at radius 3 is 2.67 bits per heavy atom. The SMILES string of the molecule is Cn1ncnc1CC(=O)CCc1ccc(N)cc1. The van der Waals surface area contributed by atoms with Gasteiger partial charge in [0.25, 0.3) is 0 Å². The van der Waals surface area contributed by atoms with Gasteiger partial charge in [0.05, 0.1) is 6.42 Å². The van der Waals surface area contributed by atoms with Gasteiger partial charge < -0.3 is 5.73 Å². The Labute approximate surface area is 106 Å². The fraction of sp³-hybridized carbons (Fsp3) is 0.308. The zero-order chi connectivity index (χ0) is 13.0. The number of carbonyl (C=O) groups excluding carboxylic acids is 1. The number of benzene rings is 1. The first kappa shape index (κ1) is 12.3. The first-order valence-corrected chi connectivity index (χ1v) is 5.84. The lowest BCUT2D eigenvalue weighted by molar-refractivity contribution is -0.118. The fourth-order valence-electron chi connectivity index (χ4n) is 1.71. The van der Waals surface area contributed by atoms with E-state index < -0.39 is 0 Å². The fourth-order valence-corrected chi connectivity index (χ4v) is 1.71. The lowest BCUT2D eigenvalue weighted by Crippen LogP contribution is -2.09. The van der Waals surface area contributed by atoms with E-state index >= 15 is 0 Å². The van der Waals surface area contributed by atoms with Crippen molar-refractivity contribution in [2.45, 2.75) is 19.3 Å². The van der Waals surface area contributed by atoms with Crippen LogP contribution in [0.2, 0.25) is 0 Å². The molecule has 0 bridgehead atoms. The molecule has 5 heteroatoms. The van der Waals surface area contributed by atoms with Gasteiger partial charge in [0.2, 0.25) is 0 Å². The summed E-state index contributed by atoms with van der Waals surface area (Å²) in [6.07, 6.45) is 3.04. The molecule has 0 aliphatic rings. The molecule has 0 fully saturated rings. The smallest absolute Gasteiger partial charge is 0.140 e. The predicted molar refractivity (Wildman–Crippen MR) is 68.9 cm³/mol. The van der Waals surface area contributed by atoms with Gasteiger partial charge in [-0.15, -0.1) is 0 Å². The number of ketones is 1. The number of anilines is 1. The number of Topliss-reactive ketones (excluding diaryl/α,β-unsaturated/α-hetero) is 1. The van der Waals surface area contributed by atoms with Crippen LogP contribution >= 0.6 is 0 Å². The molecule has 2 N–H and O–H groups in total. The number of rotatable bonds is 5. The van der Waals surface area contributed by atoms with E-state index in [0.717, 1.165) is 17.7 Å². The summed E-state index contributed by atoms with van der Waals surface area (Å²) >= 11 is 0. The van der Waals surface area contributed by atoms with Gasteiger partial charge in [-0.25, -0.2) is 4.98 Å². The second-order valence-corrected chi connectivity index (χ2v) is 4.26. The van der Waals surface area contributed by atoms with E-state index in [-0.39, 0.29) is 5.78 Å². The molecule has 0 saturated carbocycles. The van der Waals surface area contributed by atoms with Crippen LogP contribution in [0.1, 0.15) is 17.8 Å². The molecular weight excluding hydrogens is 228 g/mol. The Morgan fingerprint density at radius 2 is 2.06 bits per heavy atom. The maximum absolute atomic E-state index is 11.8. The molecule has 0 spiro atoms. The Kier molecular flexibility index (Phi) is 3.72. The van der Waals surface area contributed by atoms with Gasteiger partial charge in [-0.2, -0.15) is 5.10 Å². The lowest BCUT2D eigenvalue weighted by Gasteiger charge is -2.02. The van der Waals surface area contributed by atoms with Crippen LogP contribution in [0.4, 0.5) is 5.69 Å². The van der Waals surface area contributed by atoms with Crippen molar-refractivity contribution in [2.75, 3.05) is 5.73 Å². The number of aryl methyl sites for hydroxylation is 2. The molecule has 2 rings (SSSR count). The topological polar surface area (TPSA) is 73.8 Å². The molecule has 0 amide bonds. The molecule has 0 aliphatic carbocycles. The summed E-state index contributed by atoms with van der Waals surface area (Å²) in [5, 5.41) is 3.94. The summed E-state index contributed by atoms with van der Waals surface area (Å²) < 4.78 is 1.63. The van der Waals surface area contributed by atoms with E-state index in [9.17, 15) is 4.79 Å². The molecule has 94 valence electrons. The zero-order valence-electron chi connectivity index (χ0n) is 10.3. The van der Waals surface area contributed by atoms with Crippen molar-refractivity contribution in [1.29, 1.82) is 0 Å². The van der Waals surface area contributed by atoms with Gasteiger partial charge >= 0.3 is 0 Å². The third-order valence-corrected chi connectivity index (χ3v) is 2.83. The summed E-state index contributed by atoms with van der Waals surface area (Å²) in [5.74, 6) is 0.875. The number of nitrogens with two attached hydrogens (primary N) is 1. The number of hydrogen-bond acceptors (Lipinski definition) is 4. The highest BCUT2D eigenvalue weighted by Crippen LogP contribution is 2.08. The minimum absolute atomic E-state index is 0.169. The van der Waals surface area contributed by atoms with Crippen molar-refractivity contribution in [1.82, 2.24) is 14.8 Å². The highest BCUT2D eigenvalue weighted by atomic mass is 16.1. The van der Waals surface area contributed by atoms with Gasteiger partial charge in [-0.05, 0) is 24.1 Å². The number of nitrogens with zero attached hydrogens (tertiary/aromatic N) is 3. The molecule has 1 heterocycles. The van der Waals surface area contributed by atoms with Crippen molar-refractivity contribution < 1.29 is 4.79 Å². The zero-order valence-corrected chi connectivity index (χ0v) is 10.3. The maximum atomic E-state index is 11.8. The monoisotopic (exact) mass is 244 g/mol. The van der Waals surface area contributed by atoms with Crippen molar-refractivity contribution in [3.8, 4) is 0 Å². The largest absolute Gasteiger partial charge is 0.399 e. The molecule has 18 heavy (non-hydrogen) atoms. The molecule has 5 nitrogen and oxygen atoms in total. The first-order valence-electron chi connectivity index (χ1n) is 5.84. The van der Waals surface area contributed by atoms with E-state index in [4.69, 9.17) is 5.73 Å². The van der Waals surface area contributed by atoms with E-state index in [1.165, 1.54) is 6.33 Å². The average Bonchev–Trinajstić information content (AvgIpc) is 2.74. The van der Waals surface area contributed by atoms with Crippen molar-refractivity contribution >= 4 is 11.5 Å². The van der Waals surface area contributed by atoms with Crippen molar-refractivity contribution in [3.63, 3.8) is 0 Å². The predicted octanol–water partition coefficient (Wildman–Crippen LogP) is 1.14. The molecule has 1 aromatic carbocycles. The van der Waals surface area contributed by atoms with E-state index in [2.05, 4.69) is 10.1 Å². The first-order chi connectivity index (χ1) is 8.65. The van der Waals surface area contributed by atoms with E-state index in [0.29, 0.717) is 18.7 Å². The molecule has 0 aliphatic heterocycles. The molecular formula is C13H16N4O. The minimum Gasteiger partial charge on any atom is -0.399 e. The second kappa shape index (κ2) is 5.44. The number of carbonyl (C=O) groups is 1. The van der Waals surface area contributed by atoms with Crippen LogP contribution in [0.25, 0.3) is 0 Å². The Bertz CT molecular complexity index is 530. The summed E-state index contributed by atoms with van der Waals surface area (Å²) in [6.45, 7) is 0. The normalized spacial score (nSPS) is 10.5. The highest BCUT2D eigenvalue weighted by Gasteiger charge is 2.08. The molecule has 0 saturated heterocycles. The van der Waals surface area contributed by atoms with Crippen molar-refractivity contribution in [3.05, 3.63) is 42.0 Å². The van der Waals surface area contributed by atoms with Crippen LogP contribution in [0.5, 0.6) is 0 Å². The maximum Gasteiger partial charge on any atom is 0.140 e. The third kappa shape index (κ3) is 3.16. The van der Waals surface area contributed by atoms with Crippen LogP contribution in [0.15, 0.2) is 30.6 Å². The van der Waals surface area contributed by atoms with Gasteiger partial charge in [0.1, 0.15) is 17.9 Å². The van der Waals surface area contributed by atoms with Crippen LogP contribution < -0.4 is 5.73 Å². The standard InChI is InChI=1S/C13H16N4O/c1-17-13(15-9-16-17)8-12(18)7-4-10-2-5-11(14)6-3-10/h2-3,5-6,9H,4,7-8,14H2,1H3. The van der Waals surface area contributed by atoms with Crippen LogP contribution in [-0.2, 0) is 24.7 Å². The number of nitrogen functional groups attached to an aromatic ring is 1. The van der Waals surface area contributed by atoms with Crippen molar-refractivity contribution in [2.24, 2.45) is 7.05 Å². The molecule has 0 radical (unpaired) electrons. The Hall–Kier alpha value is -2.17. The van der Waals surface area contributed by atoms with Gasteiger partial charge in [-0.3, -0.25) is 9.48 Å². The molecule has 0 atom stereocenters. The average molecular weight is 244 g/mol. The van der Waals surface area contributed by atoms with Gasteiger partial charge in [0.15, 0.2) is 0 Å². The van der Waals surface area contributed by atoms with E-state index in [1.807, 2.05) is 24.3 Å². The van der Waals surface area contributed by atoms with Gasteiger partial charge in [0, 0.05) is 19.2 Å². The molecule has 0 unspecified atom stereocenters. The lowest BCUT2D eigenvalue weighted by atomic mass is 10.1. The molecule has 2 aromatic rings. The summed E-state index contributed by atoms with van der Waals surface area (Å²) in [5.41, 5.74) is 7.47. The Balaban J connectivity index is 1.85. The highest BCUT2D eigenvalue weighted by molar-refractivity contribution is 5.80. The van der Waals surface area contributed by atoms with Crippen LogP contribution in [0.3, 0.4) is 0 Å². The Morgan fingerprint density at radius 1 is 1.33 bits per heavy atom. The van der Waals surface area contributed by atoms with E-state index in [1.54, 1.807) is 11.7 Å². The quantitative estimate of drug-likeness (QED) is 0.800. The van der Waals surface area contributed by atoms with Gasteiger partial charge in [-0.1, -0.05) is 12.1 Å². The molecule has 1 aromatic heterocycles. The second-order valence-electron chi connectivity index (χ2n) is 4.26. The summed E-state index contributed by atoms with van der Waals surface area (Å²) in [7, 11) is 1.79.